The van der Waals surface area contributed by atoms with Gasteiger partial charge in [0.05, 0.1) is 0 Å². The van der Waals surface area contributed by atoms with Gasteiger partial charge in [0.15, 0.2) is 0 Å². The number of hydrogen-bond acceptors (Lipinski definition) is 3. The lowest BCUT2D eigenvalue weighted by atomic mass is 9.97. The summed E-state index contributed by atoms with van der Waals surface area (Å²) in [5.74, 6) is 0. The lowest BCUT2D eigenvalue weighted by Crippen LogP contribution is -1.82. The van der Waals surface area contributed by atoms with Gasteiger partial charge in [-0.2, -0.15) is 0 Å². The first kappa shape index (κ1) is 23.2. The quantitative estimate of drug-likeness (QED) is 0.208. The van der Waals surface area contributed by atoms with Gasteiger partial charge in [0.1, 0.15) is 22.3 Å². The van der Waals surface area contributed by atoms with E-state index >= 15 is 0 Å². The SMILES string of the molecule is c1cc(-c2ccc3c(c2)oc2cc4cc5oc6ccccc6c5cc4cc23)cc(-c2cccc3c2sc2ccccc23)c1. The molecule has 0 unspecified atom stereocenters. The van der Waals surface area contributed by atoms with Gasteiger partial charge < -0.3 is 8.83 Å². The van der Waals surface area contributed by atoms with E-state index in [-0.39, 0.29) is 0 Å². The zero-order chi connectivity index (χ0) is 28.1. The van der Waals surface area contributed by atoms with Crippen LogP contribution in [0.5, 0.6) is 0 Å². The summed E-state index contributed by atoms with van der Waals surface area (Å²) < 4.78 is 15.3. The molecule has 0 atom stereocenters. The Kier molecular flexibility index (Phi) is 4.63. The number of para-hydroxylation sites is 1. The fourth-order valence-corrected chi connectivity index (χ4v) is 8.00. The Morgan fingerprint density at radius 3 is 1.88 bits per heavy atom. The van der Waals surface area contributed by atoms with Gasteiger partial charge in [0.25, 0.3) is 0 Å². The summed E-state index contributed by atoms with van der Waals surface area (Å²) in [5, 5.41) is 9.49. The summed E-state index contributed by atoms with van der Waals surface area (Å²) in [6, 6.07) is 47.8. The minimum atomic E-state index is 0.889. The molecule has 7 aromatic carbocycles. The smallest absolute Gasteiger partial charge is 0.136 e. The van der Waals surface area contributed by atoms with Crippen molar-refractivity contribution >= 4 is 86.2 Å². The van der Waals surface area contributed by atoms with Gasteiger partial charge in [0, 0.05) is 41.7 Å². The Balaban J connectivity index is 1.10. The van der Waals surface area contributed by atoms with Crippen LogP contribution in [0.1, 0.15) is 0 Å². The van der Waals surface area contributed by atoms with E-state index in [0.717, 1.165) is 54.8 Å². The summed E-state index contributed by atoms with van der Waals surface area (Å²) in [5.41, 5.74) is 8.42. The van der Waals surface area contributed by atoms with Crippen LogP contribution >= 0.6 is 11.3 Å². The molecule has 0 bridgehead atoms. The van der Waals surface area contributed by atoms with Crippen molar-refractivity contribution in [3.63, 3.8) is 0 Å². The predicted molar refractivity (Wildman–Crippen MR) is 182 cm³/mol. The van der Waals surface area contributed by atoms with Crippen LogP contribution in [-0.4, -0.2) is 0 Å². The fraction of sp³-hybridized carbons (Fsp3) is 0. The van der Waals surface area contributed by atoms with Crippen LogP contribution in [0.2, 0.25) is 0 Å². The molecular formula is C40H22O2S. The molecule has 0 saturated heterocycles. The van der Waals surface area contributed by atoms with Crippen LogP contribution in [0.25, 0.3) is 97.1 Å². The van der Waals surface area contributed by atoms with Crippen LogP contribution in [0, 0.1) is 0 Å². The fourth-order valence-electron chi connectivity index (χ4n) is 6.76. The highest BCUT2D eigenvalue weighted by Crippen LogP contribution is 2.41. The molecule has 0 N–H and O–H groups in total. The normalized spacial score (nSPS) is 12.2. The van der Waals surface area contributed by atoms with Gasteiger partial charge in [-0.25, -0.2) is 0 Å². The van der Waals surface area contributed by atoms with Crippen molar-refractivity contribution in [1.29, 1.82) is 0 Å². The third-order valence-corrected chi connectivity index (χ3v) is 10.1. The number of fused-ring (bicyclic) bond motifs is 10. The minimum absolute atomic E-state index is 0.889. The first-order valence-electron chi connectivity index (χ1n) is 14.5. The minimum Gasteiger partial charge on any atom is -0.456 e. The highest BCUT2D eigenvalue weighted by atomic mass is 32.1. The summed E-state index contributed by atoms with van der Waals surface area (Å²) >= 11 is 1.87. The summed E-state index contributed by atoms with van der Waals surface area (Å²) in [6.07, 6.45) is 0. The third kappa shape index (κ3) is 3.40. The van der Waals surface area contributed by atoms with E-state index < -0.39 is 0 Å². The van der Waals surface area contributed by atoms with Gasteiger partial charge >= 0.3 is 0 Å². The Bertz CT molecular complexity index is 2740. The standard InChI is InChI=1S/C40H22O2S/c1-3-13-35-29(9-1)33-18-26-19-34-30-16-15-24(20-36(30)42-38(34)22-27(26)21-37(33)41-35)23-7-5-8-25(17-23)28-11-6-12-32-31-10-2-4-14-39(31)43-40(28)32/h1-22H. The van der Waals surface area contributed by atoms with Crippen molar-refractivity contribution in [3.8, 4) is 22.3 Å². The summed E-state index contributed by atoms with van der Waals surface area (Å²) in [6.45, 7) is 0. The number of furan rings is 2. The van der Waals surface area contributed by atoms with Crippen LogP contribution in [0.4, 0.5) is 0 Å². The molecule has 3 heteroatoms. The van der Waals surface area contributed by atoms with E-state index in [4.69, 9.17) is 8.83 Å². The third-order valence-electron chi connectivity index (χ3n) is 8.84. The first-order valence-corrected chi connectivity index (χ1v) is 15.3. The molecule has 2 nitrogen and oxygen atoms in total. The molecule has 3 heterocycles. The van der Waals surface area contributed by atoms with Gasteiger partial charge in [-0.3, -0.25) is 0 Å². The monoisotopic (exact) mass is 566 g/mol. The van der Waals surface area contributed by atoms with Crippen LogP contribution in [0.3, 0.4) is 0 Å². The topological polar surface area (TPSA) is 26.3 Å². The lowest BCUT2D eigenvalue weighted by Gasteiger charge is -2.07. The van der Waals surface area contributed by atoms with Crippen LogP contribution in [0.15, 0.2) is 142 Å². The van der Waals surface area contributed by atoms with Gasteiger partial charge in [0.2, 0.25) is 0 Å². The summed E-state index contributed by atoms with van der Waals surface area (Å²) in [7, 11) is 0. The molecule has 3 aromatic heterocycles. The highest BCUT2D eigenvalue weighted by Gasteiger charge is 2.14. The van der Waals surface area contributed by atoms with Crippen LogP contribution in [-0.2, 0) is 0 Å². The molecule has 0 aliphatic carbocycles. The average Bonchev–Trinajstić information content (AvgIpc) is 3.73. The summed E-state index contributed by atoms with van der Waals surface area (Å²) in [4.78, 5) is 0. The maximum Gasteiger partial charge on any atom is 0.136 e. The second-order valence-corrected chi connectivity index (χ2v) is 12.4. The Morgan fingerprint density at radius 1 is 0.372 bits per heavy atom. The molecule has 0 spiro atoms. The molecule has 0 aliphatic heterocycles. The Labute approximate surface area is 250 Å². The van der Waals surface area contributed by atoms with E-state index in [1.54, 1.807) is 0 Å². The van der Waals surface area contributed by atoms with Crippen LogP contribution < -0.4 is 0 Å². The average molecular weight is 567 g/mol. The second-order valence-electron chi connectivity index (χ2n) is 11.3. The number of thiophene rings is 1. The van der Waals surface area contributed by atoms with Gasteiger partial charge in [-0.1, -0.05) is 78.9 Å². The van der Waals surface area contributed by atoms with Crippen molar-refractivity contribution in [2.24, 2.45) is 0 Å². The molecule has 0 saturated carbocycles. The lowest BCUT2D eigenvalue weighted by molar-refractivity contribution is 0.668. The van der Waals surface area contributed by atoms with E-state index in [0.29, 0.717) is 0 Å². The Morgan fingerprint density at radius 2 is 1.00 bits per heavy atom. The second kappa shape index (κ2) is 8.57. The zero-order valence-electron chi connectivity index (χ0n) is 22.9. The maximum atomic E-state index is 6.47. The highest BCUT2D eigenvalue weighted by molar-refractivity contribution is 7.26. The Hall–Kier alpha value is -5.38. The van der Waals surface area contributed by atoms with Crippen molar-refractivity contribution in [2.45, 2.75) is 0 Å². The van der Waals surface area contributed by atoms with E-state index in [2.05, 4.69) is 121 Å². The first-order chi connectivity index (χ1) is 21.3. The molecule has 200 valence electrons. The number of benzene rings is 7. The van der Waals surface area contributed by atoms with Crippen molar-refractivity contribution in [3.05, 3.63) is 133 Å². The number of hydrogen-bond donors (Lipinski definition) is 0. The van der Waals surface area contributed by atoms with Gasteiger partial charge in [-0.05, 0) is 87.6 Å². The molecule has 0 fully saturated rings. The number of rotatable bonds is 2. The molecule has 10 rings (SSSR count). The molecular weight excluding hydrogens is 545 g/mol. The van der Waals surface area contributed by atoms with E-state index in [1.807, 2.05) is 23.5 Å². The van der Waals surface area contributed by atoms with Crippen molar-refractivity contribution in [1.82, 2.24) is 0 Å². The maximum absolute atomic E-state index is 6.47. The van der Waals surface area contributed by atoms with Crippen molar-refractivity contribution in [2.75, 3.05) is 0 Å². The predicted octanol–water partition coefficient (Wildman–Crippen LogP) is 12.3. The molecule has 10 aromatic rings. The molecule has 0 radical (unpaired) electrons. The van der Waals surface area contributed by atoms with Gasteiger partial charge in [-0.15, -0.1) is 11.3 Å². The largest absolute Gasteiger partial charge is 0.456 e. The molecule has 0 amide bonds. The van der Waals surface area contributed by atoms with E-state index in [1.165, 1.54) is 42.2 Å². The molecule has 0 aliphatic rings. The van der Waals surface area contributed by atoms with Crippen molar-refractivity contribution < 1.29 is 8.83 Å². The zero-order valence-corrected chi connectivity index (χ0v) is 23.7. The molecule has 43 heavy (non-hydrogen) atoms. The van der Waals surface area contributed by atoms with E-state index in [9.17, 15) is 0 Å².